The van der Waals surface area contributed by atoms with E-state index in [1.165, 1.54) is 22.5 Å². The van der Waals surface area contributed by atoms with Gasteiger partial charge in [-0.3, -0.25) is 14.5 Å². The molecule has 0 aliphatic rings. The lowest BCUT2D eigenvalue weighted by molar-refractivity contribution is -0.894. The minimum Gasteiger partial charge on any atom is -0.463 e. The van der Waals surface area contributed by atoms with E-state index in [9.17, 15) is 9.59 Å². The van der Waals surface area contributed by atoms with Crippen molar-refractivity contribution in [2.75, 3.05) is 31.1 Å². The lowest BCUT2D eigenvalue weighted by atomic mass is 10.1. The van der Waals surface area contributed by atoms with Crippen LogP contribution in [-0.4, -0.2) is 37.1 Å². The Bertz CT molecular complexity index is 1210. The summed E-state index contributed by atoms with van der Waals surface area (Å²) in [6.45, 7) is 7.43. The predicted octanol–water partition coefficient (Wildman–Crippen LogP) is 2.97. The molecule has 7 heteroatoms. The lowest BCUT2D eigenvalue weighted by Gasteiger charge is -2.22. The van der Waals surface area contributed by atoms with Gasteiger partial charge in [0.2, 0.25) is 5.43 Å². The molecule has 4 aromatic rings. The summed E-state index contributed by atoms with van der Waals surface area (Å²) < 4.78 is 6.59. The Morgan fingerprint density at radius 3 is 2.60 bits per heavy atom. The number of carbonyl (C=O) groups is 1. The third kappa shape index (κ3) is 3.86. The second-order valence-corrected chi connectivity index (χ2v) is 8.11. The third-order valence-electron chi connectivity index (χ3n) is 5.36. The van der Waals surface area contributed by atoms with Gasteiger partial charge in [-0.1, -0.05) is 35.6 Å². The van der Waals surface area contributed by atoms with Crippen LogP contribution >= 0.6 is 11.3 Å². The maximum Gasteiger partial charge on any atom is 0.267 e. The molecule has 0 spiro atoms. The number of nitrogens with zero attached hydrogens (tertiary/aromatic N) is 2. The number of thiazole rings is 1. The van der Waals surface area contributed by atoms with Crippen LogP contribution in [0.5, 0.6) is 0 Å². The fourth-order valence-electron chi connectivity index (χ4n) is 3.50. The zero-order chi connectivity index (χ0) is 21.1. The first-order chi connectivity index (χ1) is 14.6. The molecule has 1 amide bonds. The molecule has 30 heavy (non-hydrogen) atoms. The summed E-state index contributed by atoms with van der Waals surface area (Å²) in [6, 6.07) is 14.8. The van der Waals surface area contributed by atoms with Crippen molar-refractivity contribution in [1.29, 1.82) is 0 Å². The first-order valence-corrected chi connectivity index (χ1v) is 11.0. The summed E-state index contributed by atoms with van der Waals surface area (Å²) >= 11 is 1.46. The smallest absolute Gasteiger partial charge is 0.267 e. The molecular weight excluding hydrogens is 398 g/mol. The number of para-hydroxylation sites is 2. The second kappa shape index (κ2) is 8.77. The Kier molecular flexibility index (Phi) is 5.92. The molecule has 0 unspecified atom stereocenters. The van der Waals surface area contributed by atoms with Gasteiger partial charge >= 0.3 is 0 Å². The van der Waals surface area contributed by atoms with Gasteiger partial charge in [0.25, 0.3) is 5.91 Å². The van der Waals surface area contributed by atoms with E-state index in [2.05, 4.69) is 18.8 Å². The molecule has 0 atom stereocenters. The van der Waals surface area contributed by atoms with Gasteiger partial charge in [0.05, 0.1) is 41.8 Å². The number of hydrogen-bond donors (Lipinski definition) is 1. The zero-order valence-electron chi connectivity index (χ0n) is 17.1. The van der Waals surface area contributed by atoms with Gasteiger partial charge in [-0.15, -0.1) is 0 Å². The maximum absolute atomic E-state index is 13.5. The average Bonchev–Trinajstić information content (AvgIpc) is 3.21. The van der Waals surface area contributed by atoms with Gasteiger partial charge in [0.15, 0.2) is 5.13 Å². The van der Waals surface area contributed by atoms with E-state index in [4.69, 9.17) is 4.42 Å². The third-order valence-corrected chi connectivity index (χ3v) is 6.42. The summed E-state index contributed by atoms with van der Waals surface area (Å²) in [5.74, 6) is -0.375. The highest BCUT2D eigenvalue weighted by atomic mass is 32.1. The first kappa shape index (κ1) is 20.3. The van der Waals surface area contributed by atoms with Crippen molar-refractivity contribution in [3.63, 3.8) is 0 Å². The van der Waals surface area contributed by atoms with Crippen molar-refractivity contribution >= 4 is 43.6 Å². The van der Waals surface area contributed by atoms with Crippen LogP contribution < -0.4 is 15.2 Å². The zero-order valence-corrected chi connectivity index (χ0v) is 17.9. The molecule has 0 radical (unpaired) electrons. The number of anilines is 1. The van der Waals surface area contributed by atoms with E-state index in [-0.39, 0.29) is 16.9 Å². The summed E-state index contributed by atoms with van der Waals surface area (Å²) in [4.78, 5) is 34.2. The van der Waals surface area contributed by atoms with Crippen molar-refractivity contribution in [2.45, 2.75) is 13.8 Å². The monoisotopic (exact) mass is 422 g/mol. The number of amides is 1. The number of nitrogens with one attached hydrogen (secondary N) is 1. The Labute approximate surface area is 178 Å². The first-order valence-electron chi connectivity index (χ1n) is 10.1. The van der Waals surface area contributed by atoms with Crippen LogP contribution in [0.15, 0.2) is 64.0 Å². The number of carbonyl (C=O) groups excluding carboxylic acids is 1. The van der Waals surface area contributed by atoms with Gasteiger partial charge in [-0.2, -0.15) is 0 Å². The van der Waals surface area contributed by atoms with Crippen LogP contribution in [-0.2, 0) is 0 Å². The van der Waals surface area contributed by atoms with Crippen LogP contribution in [0.25, 0.3) is 21.2 Å². The van der Waals surface area contributed by atoms with Gasteiger partial charge in [0, 0.05) is 0 Å². The van der Waals surface area contributed by atoms with E-state index in [1.54, 1.807) is 29.2 Å². The van der Waals surface area contributed by atoms with Gasteiger partial charge in [-0.25, -0.2) is 4.98 Å². The Balaban J connectivity index is 1.75. The van der Waals surface area contributed by atoms with E-state index in [1.807, 2.05) is 24.3 Å². The Hall–Kier alpha value is -3.03. The summed E-state index contributed by atoms with van der Waals surface area (Å²) in [5, 5.41) is 1.00. The average molecular weight is 423 g/mol. The molecule has 154 valence electrons. The number of fused-ring (bicyclic) bond motifs is 2. The molecular formula is C23H24N3O3S+. The summed E-state index contributed by atoms with van der Waals surface area (Å²) in [6.07, 6.45) is 1.28. The Morgan fingerprint density at radius 1 is 1.10 bits per heavy atom. The number of aromatic nitrogens is 1. The van der Waals surface area contributed by atoms with Crippen molar-refractivity contribution in [2.24, 2.45) is 0 Å². The van der Waals surface area contributed by atoms with E-state index in [0.717, 1.165) is 29.9 Å². The SMILES string of the molecule is CC[NH+](CC)CCN(C(=O)c1coc2ccccc2c1=O)c1nc2ccccc2s1. The molecule has 6 nitrogen and oxygen atoms in total. The number of quaternary nitrogens is 1. The fraction of sp³-hybridized carbons (Fsp3) is 0.261. The van der Waals surface area contributed by atoms with Crippen molar-refractivity contribution in [3.8, 4) is 0 Å². The minimum atomic E-state index is -0.375. The van der Waals surface area contributed by atoms with Crippen LogP contribution in [0.4, 0.5) is 5.13 Å². The van der Waals surface area contributed by atoms with E-state index in [0.29, 0.717) is 22.6 Å². The minimum absolute atomic E-state index is 0.0301. The molecule has 0 aliphatic heterocycles. The predicted molar refractivity (Wildman–Crippen MR) is 121 cm³/mol. The lowest BCUT2D eigenvalue weighted by Crippen LogP contribution is -3.12. The summed E-state index contributed by atoms with van der Waals surface area (Å²) in [7, 11) is 0. The molecule has 0 aliphatic carbocycles. The van der Waals surface area contributed by atoms with Crippen molar-refractivity contribution in [3.05, 3.63) is 70.6 Å². The number of hydrogen-bond acceptors (Lipinski definition) is 5. The molecule has 2 aromatic carbocycles. The highest BCUT2D eigenvalue weighted by Crippen LogP contribution is 2.29. The number of rotatable bonds is 7. The topological polar surface area (TPSA) is 67.8 Å². The normalized spacial score (nSPS) is 11.4. The van der Waals surface area contributed by atoms with Gasteiger partial charge < -0.3 is 9.32 Å². The Morgan fingerprint density at radius 2 is 1.83 bits per heavy atom. The van der Waals surface area contributed by atoms with Crippen molar-refractivity contribution < 1.29 is 14.1 Å². The van der Waals surface area contributed by atoms with Crippen molar-refractivity contribution in [1.82, 2.24) is 4.98 Å². The molecule has 0 bridgehead atoms. The van der Waals surface area contributed by atoms with Gasteiger partial charge in [0.1, 0.15) is 17.4 Å². The highest BCUT2D eigenvalue weighted by molar-refractivity contribution is 7.22. The molecule has 0 saturated carbocycles. The number of benzene rings is 2. The van der Waals surface area contributed by atoms with Crippen LogP contribution in [0.2, 0.25) is 0 Å². The molecule has 0 saturated heterocycles. The van der Waals surface area contributed by atoms with Crippen LogP contribution in [0.3, 0.4) is 0 Å². The standard InChI is InChI=1S/C23H23N3O3S/c1-3-25(4-2)13-14-26(23-24-18-10-6-8-12-20(18)30-23)22(28)17-15-29-19-11-7-5-9-16(19)21(17)27/h5-12,15H,3-4,13-14H2,1-2H3/p+1. The quantitative estimate of drug-likeness (QED) is 0.497. The van der Waals surface area contributed by atoms with E-state index < -0.39 is 0 Å². The molecule has 1 N–H and O–H groups in total. The molecule has 0 fully saturated rings. The largest absolute Gasteiger partial charge is 0.463 e. The van der Waals surface area contributed by atoms with Crippen LogP contribution in [0, 0.1) is 0 Å². The molecule has 4 rings (SSSR count). The van der Waals surface area contributed by atoms with E-state index >= 15 is 0 Å². The van der Waals surface area contributed by atoms with Gasteiger partial charge in [-0.05, 0) is 38.1 Å². The highest BCUT2D eigenvalue weighted by Gasteiger charge is 2.26. The molecule has 2 heterocycles. The fourth-order valence-corrected chi connectivity index (χ4v) is 4.49. The number of likely N-dealkylation sites (N-methyl/N-ethyl adjacent to an activating group) is 1. The van der Waals surface area contributed by atoms with Crippen LogP contribution in [0.1, 0.15) is 24.2 Å². The maximum atomic E-state index is 13.5. The second-order valence-electron chi connectivity index (χ2n) is 7.10. The summed E-state index contributed by atoms with van der Waals surface area (Å²) in [5.41, 5.74) is 1.03. The molecule has 2 aromatic heterocycles.